The highest BCUT2D eigenvalue weighted by molar-refractivity contribution is 5.87. The zero-order valence-corrected chi connectivity index (χ0v) is 12.3. The van der Waals surface area contributed by atoms with Crippen molar-refractivity contribution in [2.24, 2.45) is 0 Å². The molecule has 21 heavy (non-hydrogen) atoms. The lowest BCUT2D eigenvalue weighted by Crippen LogP contribution is -2.16. The van der Waals surface area contributed by atoms with Gasteiger partial charge in [0.1, 0.15) is 0 Å². The van der Waals surface area contributed by atoms with Gasteiger partial charge < -0.3 is 0 Å². The highest BCUT2D eigenvalue weighted by Crippen LogP contribution is 2.51. The van der Waals surface area contributed by atoms with Gasteiger partial charge in [-0.2, -0.15) is 0 Å². The first kappa shape index (κ1) is 12.3. The normalized spacial score (nSPS) is 14.6. The van der Waals surface area contributed by atoms with E-state index in [-0.39, 0.29) is 5.41 Å². The van der Waals surface area contributed by atoms with E-state index in [1.165, 1.54) is 33.4 Å². The van der Waals surface area contributed by atoms with Crippen molar-refractivity contribution in [2.75, 3.05) is 0 Å². The van der Waals surface area contributed by atoms with Gasteiger partial charge in [-0.3, -0.25) is 4.98 Å². The molecule has 0 spiro atoms. The van der Waals surface area contributed by atoms with Gasteiger partial charge in [0.25, 0.3) is 0 Å². The fourth-order valence-electron chi connectivity index (χ4n) is 3.61. The number of pyridine rings is 1. The first-order valence-electron chi connectivity index (χ1n) is 7.33. The van der Waals surface area contributed by atoms with Crippen molar-refractivity contribution in [3.05, 3.63) is 78.1 Å². The monoisotopic (exact) mass is 271 g/mol. The molecular formula is C20H17N. The Morgan fingerprint density at radius 1 is 0.762 bits per heavy atom. The molecular weight excluding hydrogens is 254 g/mol. The summed E-state index contributed by atoms with van der Waals surface area (Å²) < 4.78 is 0. The zero-order valence-electron chi connectivity index (χ0n) is 12.3. The zero-order chi connectivity index (χ0) is 14.4. The third kappa shape index (κ3) is 1.67. The summed E-state index contributed by atoms with van der Waals surface area (Å²) in [5, 5.41) is 0. The van der Waals surface area contributed by atoms with Gasteiger partial charge in [0, 0.05) is 23.4 Å². The number of fused-ring (bicyclic) bond motifs is 3. The summed E-state index contributed by atoms with van der Waals surface area (Å²) in [6.07, 6.45) is 3.78. The number of hydrogen-bond donors (Lipinski definition) is 0. The van der Waals surface area contributed by atoms with Crippen LogP contribution in [0.5, 0.6) is 0 Å². The molecule has 0 radical (unpaired) electrons. The third-order valence-electron chi connectivity index (χ3n) is 4.55. The van der Waals surface area contributed by atoms with Crippen LogP contribution in [0.2, 0.25) is 0 Å². The fraction of sp³-hybridized carbons (Fsp3) is 0.150. The van der Waals surface area contributed by atoms with E-state index in [1.54, 1.807) is 0 Å². The molecule has 0 aliphatic heterocycles. The van der Waals surface area contributed by atoms with Gasteiger partial charge in [-0.05, 0) is 33.9 Å². The van der Waals surface area contributed by atoms with Crippen LogP contribution in [-0.4, -0.2) is 4.98 Å². The molecule has 1 heteroatoms. The maximum atomic E-state index is 4.28. The highest BCUT2D eigenvalue weighted by Gasteiger charge is 2.37. The summed E-state index contributed by atoms with van der Waals surface area (Å²) in [6.45, 7) is 4.63. The molecule has 0 fully saturated rings. The van der Waals surface area contributed by atoms with E-state index in [1.807, 2.05) is 18.5 Å². The molecule has 4 rings (SSSR count). The van der Waals surface area contributed by atoms with Crippen molar-refractivity contribution < 1.29 is 0 Å². The van der Waals surface area contributed by atoms with Crippen LogP contribution in [0.15, 0.2) is 67.0 Å². The second kappa shape index (κ2) is 4.29. The molecule has 0 atom stereocenters. The summed E-state index contributed by atoms with van der Waals surface area (Å²) >= 11 is 0. The Bertz CT molecular complexity index is 816. The van der Waals surface area contributed by atoms with Gasteiger partial charge in [-0.25, -0.2) is 0 Å². The smallest absolute Gasteiger partial charge is 0.0346 e. The first-order valence-corrected chi connectivity index (χ1v) is 7.33. The van der Waals surface area contributed by atoms with Gasteiger partial charge in [-0.1, -0.05) is 62.4 Å². The van der Waals surface area contributed by atoms with Crippen LogP contribution in [0.3, 0.4) is 0 Å². The largest absolute Gasteiger partial charge is 0.264 e. The molecule has 0 unspecified atom stereocenters. The Hall–Kier alpha value is -2.41. The molecule has 2 aromatic carbocycles. The molecule has 102 valence electrons. The molecule has 0 N–H and O–H groups in total. The van der Waals surface area contributed by atoms with Crippen LogP contribution < -0.4 is 0 Å². The van der Waals surface area contributed by atoms with Crippen molar-refractivity contribution in [3.63, 3.8) is 0 Å². The Balaban J connectivity index is 2.06. The van der Waals surface area contributed by atoms with E-state index >= 15 is 0 Å². The minimum atomic E-state index is 0.0262. The second-order valence-electron chi connectivity index (χ2n) is 6.14. The Morgan fingerprint density at radius 2 is 1.52 bits per heavy atom. The Labute approximate surface area is 125 Å². The summed E-state index contributed by atoms with van der Waals surface area (Å²) in [5.41, 5.74) is 8.06. The van der Waals surface area contributed by atoms with E-state index in [9.17, 15) is 0 Å². The number of aromatic nitrogens is 1. The van der Waals surface area contributed by atoms with Crippen LogP contribution in [0.1, 0.15) is 25.0 Å². The Kier molecular flexibility index (Phi) is 2.52. The third-order valence-corrected chi connectivity index (χ3v) is 4.55. The highest BCUT2D eigenvalue weighted by atomic mass is 14.6. The molecule has 3 aromatic rings. The number of benzene rings is 2. The maximum Gasteiger partial charge on any atom is 0.0346 e. The van der Waals surface area contributed by atoms with Crippen molar-refractivity contribution >= 4 is 0 Å². The van der Waals surface area contributed by atoms with E-state index < -0.39 is 0 Å². The predicted octanol–water partition coefficient (Wildman–Crippen LogP) is 5.05. The molecule has 0 bridgehead atoms. The first-order chi connectivity index (χ1) is 10.2. The SMILES string of the molecule is CC1(C)c2ccccc2-c2cccc(-c3cccnc3)c21. The van der Waals surface area contributed by atoms with Crippen LogP contribution in [0.4, 0.5) is 0 Å². The molecule has 0 amide bonds. The van der Waals surface area contributed by atoms with E-state index in [2.05, 4.69) is 67.4 Å². The lowest BCUT2D eigenvalue weighted by Gasteiger charge is -2.24. The number of hydrogen-bond acceptors (Lipinski definition) is 1. The summed E-state index contributed by atoms with van der Waals surface area (Å²) in [6, 6.07) is 19.5. The average Bonchev–Trinajstić information content (AvgIpc) is 2.77. The molecule has 0 saturated carbocycles. The molecule has 1 aliphatic rings. The average molecular weight is 271 g/mol. The van der Waals surface area contributed by atoms with Crippen LogP contribution >= 0.6 is 0 Å². The quantitative estimate of drug-likeness (QED) is 0.603. The predicted molar refractivity (Wildman–Crippen MR) is 87.2 cm³/mol. The number of rotatable bonds is 1. The van der Waals surface area contributed by atoms with Gasteiger partial charge in [0.15, 0.2) is 0 Å². The molecule has 1 nitrogen and oxygen atoms in total. The maximum absolute atomic E-state index is 4.28. The minimum Gasteiger partial charge on any atom is -0.264 e. The lowest BCUT2D eigenvalue weighted by molar-refractivity contribution is 0.662. The topological polar surface area (TPSA) is 12.9 Å². The van der Waals surface area contributed by atoms with E-state index in [0.29, 0.717) is 0 Å². The molecule has 1 aromatic heterocycles. The van der Waals surface area contributed by atoms with Gasteiger partial charge in [0.05, 0.1) is 0 Å². The van der Waals surface area contributed by atoms with Gasteiger partial charge in [-0.15, -0.1) is 0 Å². The van der Waals surface area contributed by atoms with Crippen molar-refractivity contribution in [2.45, 2.75) is 19.3 Å². The summed E-state index contributed by atoms with van der Waals surface area (Å²) in [5.74, 6) is 0. The second-order valence-corrected chi connectivity index (χ2v) is 6.14. The van der Waals surface area contributed by atoms with Crippen molar-refractivity contribution in [3.8, 4) is 22.3 Å². The van der Waals surface area contributed by atoms with Crippen LogP contribution in [0.25, 0.3) is 22.3 Å². The summed E-state index contributed by atoms with van der Waals surface area (Å²) in [4.78, 5) is 4.28. The Morgan fingerprint density at radius 3 is 2.33 bits per heavy atom. The molecule has 1 heterocycles. The van der Waals surface area contributed by atoms with Gasteiger partial charge >= 0.3 is 0 Å². The number of nitrogens with zero attached hydrogens (tertiary/aromatic N) is 1. The summed E-state index contributed by atoms with van der Waals surface area (Å²) in [7, 11) is 0. The van der Waals surface area contributed by atoms with Crippen LogP contribution in [-0.2, 0) is 5.41 Å². The molecule has 0 saturated heterocycles. The molecule has 1 aliphatic carbocycles. The van der Waals surface area contributed by atoms with Crippen molar-refractivity contribution in [1.29, 1.82) is 0 Å². The van der Waals surface area contributed by atoms with Crippen LogP contribution in [0, 0.1) is 0 Å². The van der Waals surface area contributed by atoms with Crippen molar-refractivity contribution in [1.82, 2.24) is 4.98 Å². The standard InChI is InChI=1S/C20H17N/c1-20(2)18-11-4-3-8-16(18)17-10-5-9-15(19(17)20)14-7-6-12-21-13-14/h3-13H,1-2H3. The van der Waals surface area contributed by atoms with Gasteiger partial charge in [0.2, 0.25) is 0 Å². The van der Waals surface area contributed by atoms with E-state index in [0.717, 1.165) is 0 Å². The lowest BCUT2D eigenvalue weighted by atomic mass is 9.79. The fourth-order valence-corrected chi connectivity index (χ4v) is 3.61. The van der Waals surface area contributed by atoms with E-state index in [4.69, 9.17) is 0 Å². The minimum absolute atomic E-state index is 0.0262.